The monoisotopic (exact) mass is 406 g/mol. The van der Waals surface area contributed by atoms with Gasteiger partial charge in [-0.25, -0.2) is 0 Å². The molecule has 0 N–H and O–H groups in total. The molecule has 124 valence electrons. The molecule has 0 atom stereocenters. The van der Waals surface area contributed by atoms with Crippen LogP contribution in [0.2, 0.25) is 0 Å². The summed E-state index contributed by atoms with van der Waals surface area (Å²) in [7, 11) is 3.29. The number of nitrogens with zero attached hydrogens (tertiary/aromatic N) is 4. The standard InChI is InChI=1S/C16H15BrN4O2S/c1-22-14-8-7-12(17)9-11(14)10-24-16-18-19-20-21(16)13-5-3-4-6-15(13)23-2/h3-9H,10H2,1-2H3. The number of methoxy groups -OCH3 is 2. The first kappa shape index (κ1) is 16.8. The SMILES string of the molecule is COc1ccc(Br)cc1CSc1nnnn1-c1ccccc1OC. The number of hydrogen-bond donors (Lipinski definition) is 0. The van der Waals surface area contributed by atoms with E-state index in [0.717, 1.165) is 21.5 Å². The highest BCUT2D eigenvalue weighted by Gasteiger charge is 2.14. The number of para-hydroxylation sites is 2. The van der Waals surface area contributed by atoms with Crippen LogP contribution in [0.4, 0.5) is 0 Å². The molecule has 3 aromatic rings. The van der Waals surface area contributed by atoms with E-state index in [1.54, 1.807) is 18.9 Å². The van der Waals surface area contributed by atoms with Crippen molar-refractivity contribution in [2.45, 2.75) is 10.9 Å². The maximum Gasteiger partial charge on any atom is 0.214 e. The highest BCUT2D eigenvalue weighted by atomic mass is 79.9. The Morgan fingerprint density at radius 2 is 1.88 bits per heavy atom. The van der Waals surface area contributed by atoms with E-state index in [-0.39, 0.29) is 0 Å². The predicted octanol–water partition coefficient (Wildman–Crippen LogP) is 3.73. The highest BCUT2D eigenvalue weighted by molar-refractivity contribution is 9.10. The lowest BCUT2D eigenvalue weighted by atomic mass is 10.2. The van der Waals surface area contributed by atoms with Crippen molar-refractivity contribution < 1.29 is 9.47 Å². The second-order valence-corrected chi connectivity index (χ2v) is 6.65. The van der Waals surface area contributed by atoms with Crippen LogP contribution in [0.3, 0.4) is 0 Å². The third-order valence-electron chi connectivity index (χ3n) is 3.35. The molecule has 0 amide bonds. The van der Waals surface area contributed by atoms with Gasteiger partial charge in [0, 0.05) is 15.8 Å². The number of hydrogen-bond acceptors (Lipinski definition) is 6. The third kappa shape index (κ3) is 3.54. The number of halogens is 1. The molecular formula is C16H15BrN4O2S. The van der Waals surface area contributed by atoms with Gasteiger partial charge in [0.05, 0.1) is 14.2 Å². The van der Waals surface area contributed by atoms with Crippen molar-refractivity contribution in [1.29, 1.82) is 0 Å². The zero-order chi connectivity index (χ0) is 16.9. The fourth-order valence-electron chi connectivity index (χ4n) is 2.23. The van der Waals surface area contributed by atoms with E-state index in [2.05, 4.69) is 31.5 Å². The van der Waals surface area contributed by atoms with Crippen LogP contribution in [-0.4, -0.2) is 34.4 Å². The Morgan fingerprint density at radius 1 is 1.08 bits per heavy atom. The maximum atomic E-state index is 5.41. The Kier molecular flexibility index (Phi) is 5.37. The minimum absolute atomic E-state index is 0.679. The molecule has 2 aromatic carbocycles. The summed E-state index contributed by atoms with van der Waals surface area (Å²) < 4.78 is 13.5. The lowest BCUT2D eigenvalue weighted by molar-refractivity contribution is 0.410. The van der Waals surface area contributed by atoms with Gasteiger partial charge in [-0.2, -0.15) is 4.68 Å². The van der Waals surface area contributed by atoms with Crippen LogP contribution >= 0.6 is 27.7 Å². The second kappa shape index (κ2) is 7.67. The van der Waals surface area contributed by atoms with E-state index in [0.29, 0.717) is 16.7 Å². The molecule has 1 aromatic heterocycles. The van der Waals surface area contributed by atoms with Gasteiger partial charge in [0.15, 0.2) is 0 Å². The van der Waals surface area contributed by atoms with E-state index in [1.165, 1.54) is 11.8 Å². The van der Waals surface area contributed by atoms with Gasteiger partial charge in [-0.3, -0.25) is 0 Å². The van der Waals surface area contributed by atoms with Crippen molar-refractivity contribution >= 4 is 27.7 Å². The number of benzene rings is 2. The molecule has 0 spiro atoms. The Labute approximate surface area is 152 Å². The van der Waals surface area contributed by atoms with Gasteiger partial charge in [0.25, 0.3) is 0 Å². The smallest absolute Gasteiger partial charge is 0.214 e. The summed E-state index contributed by atoms with van der Waals surface area (Å²) in [5.41, 5.74) is 1.86. The fraction of sp³-hybridized carbons (Fsp3) is 0.188. The topological polar surface area (TPSA) is 62.1 Å². The fourth-order valence-corrected chi connectivity index (χ4v) is 3.50. The van der Waals surface area contributed by atoms with Crippen LogP contribution in [0.25, 0.3) is 5.69 Å². The van der Waals surface area contributed by atoms with Crippen molar-refractivity contribution in [2.75, 3.05) is 14.2 Å². The molecule has 0 aliphatic rings. The van der Waals surface area contributed by atoms with Crippen LogP contribution in [0.5, 0.6) is 11.5 Å². The number of tetrazole rings is 1. The number of aromatic nitrogens is 4. The predicted molar refractivity (Wildman–Crippen MR) is 96.0 cm³/mol. The average Bonchev–Trinajstić information content (AvgIpc) is 3.08. The average molecular weight is 407 g/mol. The van der Waals surface area contributed by atoms with Gasteiger partial charge in [-0.05, 0) is 40.8 Å². The van der Waals surface area contributed by atoms with E-state index in [1.807, 2.05) is 42.5 Å². The zero-order valence-electron chi connectivity index (χ0n) is 13.1. The first-order valence-corrected chi connectivity index (χ1v) is 8.87. The molecule has 0 fully saturated rings. The molecule has 0 aliphatic carbocycles. The molecule has 0 unspecified atom stereocenters. The van der Waals surface area contributed by atoms with Crippen LogP contribution in [0.15, 0.2) is 52.1 Å². The third-order valence-corrected chi connectivity index (χ3v) is 4.81. The highest BCUT2D eigenvalue weighted by Crippen LogP contribution is 2.31. The van der Waals surface area contributed by atoms with Crippen molar-refractivity contribution in [1.82, 2.24) is 20.2 Å². The molecule has 0 saturated carbocycles. The maximum absolute atomic E-state index is 5.41. The van der Waals surface area contributed by atoms with Crippen molar-refractivity contribution in [3.05, 3.63) is 52.5 Å². The molecule has 0 bridgehead atoms. The first-order chi connectivity index (χ1) is 11.7. The largest absolute Gasteiger partial charge is 0.496 e. The second-order valence-electron chi connectivity index (χ2n) is 4.79. The van der Waals surface area contributed by atoms with E-state index >= 15 is 0 Å². The number of thioether (sulfide) groups is 1. The van der Waals surface area contributed by atoms with Gasteiger partial charge in [-0.15, -0.1) is 5.10 Å². The van der Waals surface area contributed by atoms with Crippen LogP contribution < -0.4 is 9.47 Å². The molecule has 0 saturated heterocycles. The summed E-state index contributed by atoms with van der Waals surface area (Å²) >= 11 is 5.02. The first-order valence-electron chi connectivity index (χ1n) is 7.10. The van der Waals surface area contributed by atoms with Gasteiger partial charge in [0.2, 0.25) is 5.16 Å². The summed E-state index contributed by atoms with van der Waals surface area (Å²) in [6, 6.07) is 13.5. The zero-order valence-corrected chi connectivity index (χ0v) is 15.5. The molecule has 1 heterocycles. The summed E-state index contributed by atoms with van der Waals surface area (Å²) in [5, 5.41) is 12.7. The normalized spacial score (nSPS) is 10.6. The lowest BCUT2D eigenvalue weighted by Crippen LogP contribution is -2.02. The number of rotatable bonds is 6. The van der Waals surface area contributed by atoms with Crippen molar-refractivity contribution in [2.24, 2.45) is 0 Å². The summed E-state index contributed by atoms with van der Waals surface area (Å²) in [6.07, 6.45) is 0. The quantitative estimate of drug-likeness (QED) is 0.581. The van der Waals surface area contributed by atoms with Crippen molar-refractivity contribution in [3.63, 3.8) is 0 Å². The Balaban J connectivity index is 1.86. The summed E-state index contributed by atoms with van der Waals surface area (Å²) in [4.78, 5) is 0. The number of ether oxygens (including phenoxy) is 2. The van der Waals surface area contributed by atoms with Gasteiger partial charge >= 0.3 is 0 Å². The minimum atomic E-state index is 0.679. The molecule has 0 radical (unpaired) electrons. The van der Waals surface area contributed by atoms with Gasteiger partial charge < -0.3 is 9.47 Å². The Hall–Kier alpha value is -2.06. The van der Waals surface area contributed by atoms with E-state index in [4.69, 9.17) is 9.47 Å². The molecule has 3 rings (SSSR count). The summed E-state index contributed by atoms with van der Waals surface area (Å²) in [6.45, 7) is 0. The molecular weight excluding hydrogens is 392 g/mol. The van der Waals surface area contributed by atoms with Gasteiger partial charge in [0.1, 0.15) is 17.2 Å². The molecule has 8 heteroatoms. The van der Waals surface area contributed by atoms with E-state index < -0.39 is 0 Å². The lowest BCUT2D eigenvalue weighted by Gasteiger charge is -2.10. The van der Waals surface area contributed by atoms with Crippen LogP contribution in [-0.2, 0) is 5.75 Å². The minimum Gasteiger partial charge on any atom is -0.496 e. The van der Waals surface area contributed by atoms with Crippen LogP contribution in [0.1, 0.15) is 5.56 Å². The Bertz CT molecular complexity index is 840. The van der Waals surface area contributed by atoms with Gasteiger partial charge in [-0.1, -0.05) is 39.8 Å². The van der Waals surface area contributed by atoms with Crippen LogP contribution in [0, 0.1) is 0 Å². The Morgan fingerprint density at radius 3 is 2.67 bits per heavy atom. The molecule has 0 aliphatic heterocycles. The van der Waals surface area contributed by atoms with E-state index in [9.17, 15) is 0 Å². The van der Waals surface area contributed by atoms with Crippen molar-refractivity contribution in [3.8, 4) is 17.2 Å². The molecule has 24 heavy (non-hydrogen) atoms. The summed E-state index contributed by atoms with van der Waals surface area (Å²) in [5.74, 6) is 2.23. The molecule has 6 nitrogen and oxygen atoms in total.